The molecule has 4 aromatic heterocycles. The molecule has 5 heteroatoms. The second kappa shape index (κ2) is 9.52. The minimum atomic E-state index is 0. The van der Waals surface area contributed by atoms with Gasteiger partial charge in [-0.15, -0.1) is 0 Å². The van der Waals surface area contributed by atoms with Crippen molar-refractivity contribution < 1.29 is 20.1 Å². The maximum Gasteiger partial charge on any atom is 0.137 e. The first kappa shape index (κ1) is 20.7. The van der Waals surface area contributed by atoms with E-state index in [0.29, 0.717) is 0 Å². The van der Waals surface area contributed by atoms with Crippen molar-refractivity contribution in [3.8, 4) is 22.5 Å². The molecule has 0 bridgehead atoms. The average Bonchev–Trinajstić information content (AvgIpc) is 3.45. The summed E-state index contributed by atoms with van der Waals surface area (Å²) in [6.45, 7) is 0. The van der Waals surface area contributed by atoms with Gasteiger partial charge in [0.1, 0.15) is 11.3 Å². The molecule has 0 N–H and O–H groups in total. The molecule has 4 heterocycles. The summed E-state index contributed by atoms with van der Waals surface area (Å²) in [5.74, 6) is 0. The van der Waals surface area contributed by atoms with Crippen LogP contribution in [0.5, 0.6) is 0 Å². The standard InChI is InChI=1S/2C13H10N2.Ir/c2*1-2-6-11(7-3-1)12-10-15-9-5-4-8-13(15)14-12;/h2*1-10H;. The molecule has 0 fully saturated rings. The summed E-state index contributed by atoms with van der Waals surface area (Å²) in [7, 11) is 0. The van der Waals surface area contributed by atoms with E-state index in [0.717, 1.165) is 33.8 Å². The Morgan fingerprint density at radius 3 is 1.23 bits per heavy atom. The van der Waals surface area contributed by atoms with E-state index in [1.807, 2.05) is 106 Å². The van der Waals surface area contributed by atoms with E-state index in [1.54, 1.807) is 0 Å². The van der Waals surface area contributed by atoms with Crippen molar-refractivity contribution in [3.05, 3.63) is 122 Å². The van der Waals surface area contributed by atoms with Crippen LogP contribution in [-0.2, 0) is 20.1 Å². The number of rotatable bonds is 2. The van der Waals surface area contributed by atoms with Gasteiger partial charge < -0.3 is 8.80 Å². The van der Waals surface area contributed by atoms with Gasteiger partial charge in [0.15, 0.2) is 0 Å². The van der Waals surface area contributed by atoms with Gasteiger partial charge in [-0.05, 0) is 24.3 Å². The number of nitrogens with zero attached hydrogens (tertiary/aromatic N) is 4. The normalized spacial score (nSPS) is 10.3. The Kier molecular flexibility index (Phi) is 6.37. The van der Waals surface area contributed by atoms with E-state index in [4.69, 9.17) is 0 Å². The van der Waals surface area contributed by atoms with Gasteiger partial charge in [-0.2, -0.15) is 0 Å². The molecule has 0 saturated heterocycles. The van der Waals surface area contributed by atoms with Gasteiger partial charge in [0.2, 0.25) is 0 Å². The maximum atomic E-state index is 4.55. The molecule has 2 aromatic carbocycles. The van der Waals surface area contributed by atoms with Crippen molar-refractivity contribution in [2.75, 3.05) is 0 Å². The summed E-state index contributed by atoms with van der Waals surface area (Å²) in [6, 6.07) is 32.4. The molecule has 0 aliphatic heterocycles. The molecule has 6 rings (SSSR count). The first-order valence-electron chi connectivity index (χ1n) is 9.85. The zero-order valence-corrected chi connectivity index (χ0v) is 19.1. The van der Waals surface area contributed by atoms with Crippen LogP contribution in [0.15, 0.2) is 122 Å². The van der Waals surface area contributed by atoms with Crippen LogP contribution >= 0.6 is 0 Å². The predicted molar refractivity (Wildman–Crippen MR) is 121 cm³/mol. The Hall–Kier alpha value is -3.53. The minimum absolute atomic E-state index is 0. The van der Waals surface area contributed by atoms with E-state index >= 15 is 0 Å². The second-order valence-corrected chi connectivity index (χ2v) is 6.92. The molecule has 31 heavy (non-hydrogen) atoms. The van der Waals surface area contributed by atoms with Crippen molar-refractivity contribution in [1.82, 2.24) is 18.8 Å². The van der Waals surface area contributed by atoms with E-state index < -0.39 is 0 Å². The summed E-state index contributed by atoms with van der Waals surface area (Å²) >= 11 is 0. The second-order valence-electron chi connectivity index (χ2n) is 6.92. The van der Waals surface area contributed by atoms with Crippen molar-refractivity contribution >= 4 is 11.3 Å². The zero-order valence-electron chi connectivity index (χ0n) is 16.7. The van der Waals surface area contributed by atoms with Crippen LogP contribution in [0.4, 0.5) is 0 Å². The summed E-state index contributed by atoms with van der Waals surface area (Å²) in [5.41, 5.74) is 6.30. The monoisotopic (exact) mass is 581 g/mol. The summed E-state index contributed by atoms with van der Waals surface area (Å²) < 4.78 is 4.06. The van der Waals surface area contributed by atoms with Crippen molar-refractivity contribution in [1.29, 1.82) is 0 Å². The third-order valence-corrected chi connectivity index (χ3v) is 4.87. The molecule has 0 unspecified atom stereocenters. The predicted octanol–water partition coefficient (Wildman–Crippen LogP) is 6.00. The molecule has 0 spiro atoms. The fourth-order valence-corrected chi connectivity index (χ4v) is 3.37. The molecule has 153 valence electrons. The Morgan fingerprint density at radius 1 is 0.452 bits per heavy atom. The van der Waals surface area contributed by atoms with Crippen LogP contribution in [0, 0.1) is 0 Å². The smallest absolute Gasteiger partial charge is 0.137 e. The number of hydrogen-bond donors (Lipinski definition) is 0. The van der Waals surface area contributed by atoms with E-state index in [1.165, 1.54) is 0 Å². The number of hydrogen-bond acceptors (Lipinski definition) is 2. The number of benzene rings is 2. The quantitative estimate of drug-likeness (QED) is 0.252. The first-order valence-corrected chi connectivity index (χ1v) is 9.85. The summed E-state index contributed by atoms with van der Waals surface area (Å²) in [5, 5.41) is 0. The summed E-state index contributed by atoms with van der Waals surface area (Å²) in [6.07, 6.45) is 8.11. The summed E-state index contributed by atoms with van der Waals surface area (Å²) in [4.78, 5) is 9.09. The molecule has 6 aromatic rings. The third kappa shape index (κ3) is 4.64. The van der Waals surface area contributed by atoms with Crippen LogP contribution in [0.25, 0.3) is 33.8 Å². The largest absolute Gasteiger partial charge is 0.306 e. The molecule has 0 saturated carbocycles. The van der Waals surface area contributed by atoms with Gasteiger partial charge in [-0.1, -0.05) is 72.8 Å². The van der Waals surface area contributed by atoms with Gasteiger partial charge in [0.05, 0.1) is 11.4 Å². The molecular weight excluding hydrogens is 561 g/mol. The van der Waals surface area contributed by atoms with Crippen LogP contribution in [0.2, 0.25) is 0 Å². The zero-order chi connectivity index (χ0) is 20.2. The molecule has 0 amide bonds. The van der Waals surface area contributed by atoms with Crippen LogP contribution < -0.4 is 0 Å². The van der Waals surface area contributed by atoms with Gasteiger partial charge in [0.25, 0.3) is 0 Å². The fraction of sp³-hybridized carbons (Fsp3) is 0. The maximum absolute atomic E-state index is 4.55. The van der Waals surface area contributed by atoms with Crippen molar-refractivity contribution in [2.45, 2.75) is 0 Å². The van der Waals surface area contributed by atoms with Gasteiger partial charge in [0, 0.05) is 56.0 Å². The molecule has 0 aliphatic carbocycles. The van der Waals surface area contributed by atoms with Crippen LogP contribution in [0.3, 0.4) is 0 Å². The molecule has 0 atom stereocenters. The Bertz CT molecular complexity index is 1210. The van der Waals surface area contributed by atoms with Gasteiger partial charge in [-0.3, -0.25) is 0 Å². The number of pyridine rings is 2. The van der Waals surface area contributed by atoms with Crippen LogP contribution in [-0.4, -0.2) is 18.8 Å². The average molecular weight is 581 g/mol. The first-order chi connectivity index (χ1) is 14.9. The third-order valence-electron chi connectivity index (χ3n) is 4.87. The minimum Gasteiger partial charge on any atom is -0.306 e. The molecule has 0 aliphatic rings. The SMILES string of the molecule is [Ir].c1ccc(-c2cn3ccccc3n2)cc1.c1ccc(-c2cn3ccccc3n2)cc1. The van der Waals surface area contributed by atoms with E-state index in [2.05, 4.69) is 34.2 Å². The van der Waals surface area contributed by atoms with Crippen LogP contribution in [0.1, 0.15) is 0 Å². The van der Waals surface area contributed by atoms with Crippen molar-refractivity contribution in [2.24, 2.45) is 0 Å². The molecule has 1 radical (unpaired) electrons. The van der Waals surface area contributed by atoms with E-state index in [-0.39, 0.29) is 20.1 Å². The molecular formula is C26H20IrN4. The van der Waals surface area contributed by atoms with Gasteiger partial charge >= 0.3 is 0 Å². The van der Waals surface area contributed by atoms with Gasteiger partial charge in [-0.25, -0.2) is 9.97 Å². The number of aromatic nitrogens is 4. The van der Waals surface area contributed by atoms with E-state index in [9.17, 15) is 0 Å². The van der Waals surface area contributed by atoms with Crippen molar-refractivity contribution in [3.63, 3.8) is 0 Å². The Balaban J connectivity index is 0.000000144. The topological polar surface area (TPSA) is 34.6 Å². The number of fused-ring (bicyclic) bond motifs is 2. The number of imidazole rings is 2. The Morgan fingerprint density at radius 2 is 0.839 bits per heavy atom. The Labute approximate surface area is 194 Å². The fourth-order valence-electron chi connectivity index (χ4n) is 3.37. The molecule has 4 nitrogen and oxygen atoms in total.